The summed E-state index contributed by atoms with van der Waals surface area (Å²) in [5.74, 6) is 4.49. The zero-order chi connectivity index (χ0) is 87.0. The number of anilines is 12. The summed E-state index contributed by atoms with van der Waals surface area (Å²) < 4.78 is 34.0. The summed E-state index contributed by atoms with van der Waals surface area (Å²) in [5.41, 5.74) is 8.30. The number of hydrogen-bond donors (Lipinski definition) is 6. The quantitative estimate of drug-likeness (QED) is 0.0367. The molecule has 642 valence electrons. The Labute approximate surface area is 743 Å². The maximum absolute atomic E-state index is 13.6. The van der Waals surface area contributed by atoms with Gasteiger partial charge in [0.05, 0.1) is 102 Å². The molecule has 0 bridgehead atoms. The number of ether oxygens (including phenoxy) is 6. The summed E-state index contributed by atoms with van der Waals surface area (Å²) in [6.45, 7) is 11.2. The van der Waals surface area contributed by atoms with Crippen molar-refractivity contribution in [1.29, 1.82) is 0 Å². The van der Waals surface area contributed by atoms with E-state index in [0.717, 1.165) is 83.2 Å². The van der Waals surface area contributed by atoms with Crippen LogP contribution in [0.4, 0.5) is 83.0 Å². The number of nitrogens with one attached hydrogen (secondary N) is 6. The van der Waals surface area contributed by atoms with Crippen LogP contribution in [-0.4, -0.2) is 168 Å². The molecule has 15 heterocycles. The molecule has 9 aromatic heterocycles. The Kier molecular flexibility index (Phi) is 24.2. The van der Waals surface area contributed by atoms with Gasteiger partial charge >= 0.3 is 18.1 Å². The zero-order valence-corrected chi connectivity index (χ0v) is 71.0. The van der Waals surface area contributed by atoms with E-state index in [4.69, 9.17) is 28.4 Å². The number of amides is 9. The van der Waals surface area contributed by atoms with Gasteiger partial charge < -0.3 is 60.3 Å². The first kappa shape index (κ1) is 82.7. The van der Waals surface area contributed by atoms with Crippen LogP contribution in [0.25, 0.3) is 30.6 Å². The molecule has 9 amide bonds. The highest BCUT2D eigenvalue weighted by Gasteiger charge is 2.38. The molecule has 3 fully saturated rings. The molecule has 0 saturated carbocycles. The van der Waals surface area contributed by atoms with Gasteiger partial charge in [0.15, 0.2) is 17.5 Å². The zero-order valence-electron chi connectivity index (χ0n) is 68.6. The molecular weight excluding hydrogens is 1690 g/mol. The maximum Gasteiger partial charge on any atom is 0.332 e. The minimum Gasteiger partial charge on any atom is -0.496 e. The van der Waals surface area contributed by atoms with E-state index in [-0.39, 0.29) is 17.7 Å². The van der Waals surface area contributed by atoms with E-state index in [0.29, 0.717) is 167 Å². The Balaban J connectivity index is 0.000000125. The second-order valence-corrected chi connectivity index (χ2v) is 33.1. The number of methoxy groups -OCH3 is 1. The predicted octanol–water partition coefficient (Wildman–Crippen LogP) is 18.1. The van der Waals surface area contributed by atoms with Crippen molar-refractivity contribution in [2.75, 3.05) is 119 Å². The summed E-state index contributed by atoms with van der Waals surface area (Å²) in [6, 6.07) is 52.1. The number of benzene rings is 6. The van der Waals surface area contributed by atoms with Crippen LogP contribution in [-0.2, 0) is 29.1 Å². The first-order valence-corrected chi connectivity index (χ1v) is 43.6. The van der Waals surface area contributed by atoms with Gasteiger partial charge in [-0.1, -0.05) is 36.8 Å². The normalized spacial score (nSPS) is 14.9. The monoisotopic (exact) mass is 1770 g/mol. The number of thiophene rings is 3. The lowest BCUT2D eigenvalue weighted by atomic mass is 10.1. The third kappa shape index (κ3) is 18.2. The summed E-state index contributed by atoms with van der Waals surface area (Å²) in [7, 11) is 1.61. The van der Waals surface area contributed by atoms with E-state index in [2.05, 4.69) is 104 Å². The van der Waals surface area contributed by atoms with Crippen LogP contribution < -0.4 is 65.5 Å². The second kappa shape index (κ2) is 37.5. The number of carbonyl (C=O) groups is 6. The van der Waals surface area contributed by atoms with Gasteiger partial charge in [0.1, 0.15) is 88.4 Å². The van der Waals surface area contributed by atoms with Gasteiger partial charge in [-0.2, -0.15) is 0 Å². The van der Waals surface area contributed by atoms with E-state index >= 15 is 0 Å². The van der Waals surface area contributed by atoms with E-state index in [1.54, 1.807) is 147 Å². The molecule has 0 atom stereocenters. The fourth-order valence-corrected chi connectivity index (χ4v) is 18.5. The van der Waals surface area contributed by atoms with Crippen molar-refractivity contribution in [3.63, 3.8) is 0 Å². The van der Waals surface area contributed by atoms with Crippen LogP contribution in [0.3, 0.4) is 0 Å². The average Bonchev–Trinajstić information content (AvgIpc) is 1.58. The molecule has 3 saturated heterocycles. The third-order valence-electron chi connectivity index (χ3n) is 21.7. The van der Waals surface area contributed by atoms with Crippen molar-refractivity contribution < 1.29 is 57.2 Å². The number of aromatic nitrogens is 9. The molecular formula is C92H79N21O12S3. The van der Waals surface area contributed by atoms with Crippen LogP contribution in [0.5, 0.6) is 40.2 Å². The Bertz CT molecular complexity index is 6350. The smallest absolute Gasteiger partial charge is 0.332 e. The molecule has 0 spiro atoms. The van der Waals surface area contributed by atoms with E-state index < -0.39 is 18.1 Å². The highest BCUT2D eigenvalue weighted by Crippen LogP contribution is 2.49. The fraction of sp³-hybridized carbons (Fsp3) is 0.185. The average molecular weight is 1770 g/mol. The lowest BCUT2D eigenvalue weighted by Crippen LogP contribution is -2.35. The summed E-state index contributed by atoms with van der Waals surface area (Å²) in [5, 5.41) is 19.4. The topological polar surface area (TPSA) is 365 Å². The summed E-state index contributed by atoms with van der Waals surface area (Å²) in [4.78, 5) is 134. The highest BCUT2D eigenvalue weighted by molar-refractivity contribution is 7.22. The molecule has 6 aromatic carbocycles. The number of pyridine rings is 3. The van der Waals surface area contributed by atoms with Gasteiger partial charge in [0, 0.05) is 93.1 Å². The maximum atomic E-state index is 13.6. The first-order valence-electron chi connectivity index (χ1n) is 41.1. The molecule has 0 radical (unpaired) electrons. The second-order valence-electron chi connectivity index (χ2n) is 30.1. The van der Waals surface area contributed by atoms with Crippen molar-refractivity contribution in [2.24, 2.45) is 0 Å². The number of hydrogen-bond acceptors (Lipinski definition) is 27. The number of nitrogens with zero attached hydrogens (tertiary/aromatic N) is 15. The molecule has 21 rings (SSSR count). The lowest BCUT2D eigenvalue weighted by Gasteiger charge is -2.27. The van der Waals surface area contributed by atoms with Gasteiger partial charge in [0.25, 0.3) is 17.7 Å². The fourth-order valence-electron chi connectivity index (χ4n) is 15.5. The van der Waals surface area contributed by atoms with Crippen LogP contribution >= 0.6 is 34.0 Å². The Morgan fingerprint density at radius 1 is 0.391 bits per heavy atom. The molecule has 128 heavy (non-hydrogen) atoms. The van der Waals surface area contributed by atoms with E-state index in [9.17, 15) is 28.8 Å². The number of likely N-dealkylation sites (tertiary alicyclic amines) is 1. The van der Waals surface area contributed by atoms with E-state index in [1.807, 2.05) is 60.7 Å². The molecule has 15 aromatic rings. The van der Waals surface area contributed by atoms with Crippen LogP contribution in [0.2, 0.25) is 0 Å². The molecule has 36 heteroatoms. The van der Waals surface area contributed by atoms with Gasteiger partial charge in [-0.15, -0.1) is 34.0 Å². The number of rotatable bonds is 22. The minimum absolute atomic E-state index is 0.312. The standard InChI is InChI=1S/C31H27N7O5S.C31H27N7O3S.C30H25N7O4S/c1-41-24-15-20(5-4-19(24)17-37-11-13-42-14-12-37)35-29(39)27-26-25-28(33-18-34-30(25)44-27)38(31(40)36-26)21-6-8-22(9-7-21)43-23-3-2-10-32-16-23;39-29(35-21-8-6-20(7-9-21)18-37-15-2-1-3-16-37)27-26-25-28(33-19-34-30(25)42-27)38(31(40)36-26)22-10-12-23(13-11-22)41-24-5-4-14-32-17-24;38-28(34-20-5-3-19(4-6-20)17-36-12-14-40-15-13-36)26-25-24-27(32-18-33-29(24)42-26)37(30(39)35-25)21-7-9-22(10-8-21)41-23-2-1-11-31-16-23/h2-10,15-16,18H,11-14,17H2,1H3,(H,35,39)(H,36,40);4-14,17,19H,1-3,15-16,18H2,(H,35,39)(H,36,40);1-11,16,18H,12-15,17H2,(H,34,38)(H,35,39). The number of morpholine rings is 2. The Morgan fingerprint density at radius 2 is 0.734 bits per heavy atom. The van der Waals surface area contributed by atoms with Gasteiger partial charge in [-0.3, -0.25) is 44.0 Å². The first-order chi connectivity index (χ1) is 62.8. The van der Waals surface area contributed by atoms with Crippen molar-refractivity contribution in [3.05, 3.63) is 263 Å². The predicted molar refractivity (Wildman–Crippen MR) is 489 cm³/mol. The van der Waals surface area contributed by atoms with Gasteiger partial charge in [0.2, 0.25) is 0 Å². The lowest BCUT2D eigenvalue weighted by molar-refractivity contribution is 0.0338. The molecule has 6 N–H and O–H groups in total. The molecule has 0 aliphatic carbocycles. The summed E-state index contributed by atoms with van der Waals surface area (Å²) >= 11 is 3.62. The van der Waals surface area contributed by atoms with Crippen LogP contribution in [0.15, 0.2) is 232 Å². The third-order valence-corrected chi connectivity index (χ3v) is 25.0. The number of urea groups is 3. The SMILES string of the molecule is COc1cc(NC(=O)c2sc3ncnc4c3c2NC(=O)N4c2ccc(Oc3cccnc3)cc2)ccc1CN1CCOCC1.O=C(Nc1ccc(CN2CCCCC2)cc1)c1sc2ncnc3c2c1NC(=O)N3c1ccc(Oc2cccnc2)cc1.O=C(Nc1ccc(CN2CCOCC2)cc1)c1sc2ncnc3c2c1NC(=O)N3c1ccc(Oc2cccnc2)cc1. The molecule has 0 unspecified atom stereocenters. The Hall–Kier alpha value is -14.9. The van der Waals surface area contributed by atoms with Crippen molar-refractivity contribution in [2.45, 2.75) is 38.9 Å². The molecule has 6 aliphatic rings. The Morgan fingerprint density at radius 3 is 1.09 bits per heavy atom. The highest BCUT2D eigenvalue weighted by atomic mass is 32.1. The number of carbonyl (C=O) groups excluding carboxylic acids is 6. The van der Waals surface area contributed by atoms with Crippen molar-refractivity contribution in [3.8, 4) is 40.2 Å². The van der Waals surface area contributed by atoms with Crippen molar-refractivity contribution in [1.82, 2.24) is 59.6 Å². The van der Waals surface area contributed by atoms with Crippen molar-refractivity contribution >= 4 is 169 Å². The molecule has 33 nitrogen and oxygen atoms in total. The minimum atomic E-state index is -0.444. The number of piperidine rings is 1. The molecule has 6 aliphatic heterocycles. The van der Waals surface area contributed by atoms with Crippen LogP contribution in [0.1, 0.15) is 65.0 Å². The van der Waals surface area contributed by atoms with E-state index in [1.165, 1.54) is 92.5 Å². The summed E-state index contributed by atoms with van der Waals surface area (Å²) in [6.07, 6.45) is 17.9. The van der Waals surface area contributed by atoms with Crippen LogP contribution in [0, 0.1) is 0 Å². The van der Waals surface area contributed by atoms with Gasteiger partial charge in [-0.25, -0.2) is 59.0 Å². The largest absolute Gasteiger partial charge is 0.496 e. The van der Waals surface area contributed by atoms with Gasteiger partial charge in [-0.05, 0) is 177 Å².